The summed E-state index contributed by atoms with van der Waals surface area (Å²) in [6.07, 6.45) is 12.0. The molecule has 18 heteroatoms. The van der Waals surface area contributed by atoms with Gasteiger partial charge < -0.3 is 24.8 Å². The largest absolute Gasteiger partial charge is 0.471 e. The van der Waals surface area contributed by atoms with E-state index in [1.54, 1.807) is 16.7 Å². The first kappa shape index (κ1) is 31.2. The zero-order chi connectivity index (χ0) is 32.4. The zero-order valence-corrected chi connectivity index (χ0v) is 25.6. The minimum Gasteiger partial charge on any atom is -0.364 e. The number of nitrogens with zero attached hydrogens (tertiary/aromatic N) is 8. The van der Waals surface area contributed by atoms with Gasteiger partial charge in [0.1, 0.15) is 37.1 Å². The quantitative estimate of drug-likeness (QED) is 0.104. The second-order valence-corrected chi connectivity index (χ2v) is 12.3. The Hall–Kier alpha value is -4.83. The van der Waals surface area contributed by atoms with Crippen LogP contribution in [0.5, 0.6) is 0 Å². The number of amides is 4. The fourth-order valence-corrected chi connectivity index (χ4v) is 5.11. The molecule has 1 saturated heterocycles. The van der Waals surface area contributed by atoms with Gasteiger partial charge in [0, 0.05) is 36.3 Å². The van der Waals surface area contributed by atoms with Gasteiger partial charge in [-0.1, -0.05) is 0 Å². The second-order valence-electron chi connectivity index (χ2n) is 11.1. The molecule has 240 valence electrons. The molecule has 7 rings (SSSR count). The Balaban J connectivity index is 0.000000314. The standard InChI is InChI=1S/C20H21N8O7P.C8H10N2/c29-10-24-17-4-16(22-9-23-17)21-5-14-7-26-6-13(12-1-2-12)3-15(19(26)25-14)27-8-18(30)28(20(27)31)11-35-36(32,33)34;1-6-4-5-9-8(10-6)7-2-3-7/h3-4,6-7,9-10,12H,1-2,5,8,11H2,(H2,32,33,34)(H2,21,22,23,24,29);4-5,7H,2-3H2,1H3. The van der Waals surface area contributed by atoms with E-state index in [4.69, 9.17) is 9.79 Å². The number of aromatic nitrogens is 6. The molecule has 2 saturated carbocycles. The Morgan fingerprint density at radius 3 is 2.50 bits per heavy atom. The van der Waals surface area contributed by atoms with Crippen LogP contribution in [0, 0.1) is 6.92 Å². The Bertz CT molecular complexity index is 1840. The number of urea groups is 1. The molecule has 1 aliphatic heterocycles. The van der Waals surface area contributed by atoms with Gasteiger partial charge in [-0.3, -0.25) is 19.0 Å². The summed E-state index contributed by atoms with van der Waals surface area (Å²) in [5.74, 6) is 2.20. The summed E-state index contributed by atoms with van der Waals surface area (Å²) in [5, 5.41) is 5.54. The van der Waals surface area contributed by atoms with E-state index >= 15 is 0 Å². The summed E-state index contributed by atoms with van der Waals surface area (Å²) in [4.78, 5) is 77.0. The number of nitrogens with one attached hydrogen (secondary N) is 2. The van der Waals surface area contributed by atoms with Crippen molar-refractivity contribution < 1.29 is 33.3 Å². The van der Waals surface area contributed by atoms with Gasteiger partial charge >= 0.3 is 13.9 Å². The van der Waals surface area contributed by atoms with E-state index in [1.165, 1.54) is 24.1 Å². The maximum absolute atomic E-state index is 13.0. The van der Waals surface area contributed by atoms with Crippen LogP contribution >= 0.6 is 7.82 Å². The lowest BCUT2D eigenvalue weighted by Gasteiger charge is -2.18. The number of phosphoric acid groups is 1. The van der Waals surface area contributed by atoms with Crippen molar-refractivity contribution >= 4 is 49.1 Å². The molecule has 3 fully saturated rings. The van der Waals surface area contributed by atoms with Crippen LogP contribution in [0.3, 0.4) is 0 Å². The highest BCUT2D eigenvalue weighted by Gasteiger charge is 2.40. The molecule has 5 heterocycles. The van der Waals surface area contributed by atoms with Crippen molar-refractivity contribution in [2.45, 2.75) is 51.0 Å². The number of phosphoric ester groups is 1. The number of rotatable bonds is 11. The number of carbonyl (C=O) groups is 3. The van der Waals surface area contributed by atoms with Gasteiger partial charge in [-0.2, -0.15) is 0 Å². The van der Waals surface area contributed by atoms with Gasteiger partial charge in [-0.15, -0.1) is 0 Å². The van der Waals surface area contributed by atoms with E-state index in [0.717, 1.165) is 29.9 Å². The molecular formula is C28H31N10O7P. The van der Waals surface area contributed by atoms with Crippen molar-refractivity contribution in [3.05, 3.63) is 65.9 Å². The van der Waals surface area contributed by atoms with E-state index in [0.29, 0.717) is 51.8 Å². The maximum Gasteiger partial charge on any atom is 0.471 e. The van der Waals surface area contributed by atoms with E-state index in [-0.39, 0.29) is 13.1 Å². The molecule has 0 aromatic carbocycles. The topological polar surface area (TPSA) is 217 Å². The van der Waals surface area contributed by atoms with Crippen molar-refractivity contribution in [3.8, 4) is 0 Å². The molecule has 0 bridgehead atoms. The Morgan fingerprint density at radius 2 is 1.80 bits per heavy atom. The summed E-state index contributed by atoms with van der Waals surface area (Å²) >= 11 is 0. The highest BCUT2D eigenvalue weighted by Crippen LogP contribution is 2.42. The summed E-state index contributed by atoms with van der Waals surface area (Å²) in [6.45, 7) is 1.10. The first-order chi connectivity index (χ1) is 22.1. The van der Waals surface area contributed by atoms with Crippen LogP contribution in [-0.4, -0.2) is 75.6 Å². The number of aryl methyl sites for hydroxylation is 1. The predicted octanol–water partition coefficient (Wildman–Crippen LogP) is 2.68. The van der Waals surface area contributed by atoms with Gasteiger partial charge in [-0.25, -0.2) is 39.2 Å². The van der Waals surface area contributed by atoms with Gasteiger partial charge in [0.15, 0.2) is 5.65 Å². The van der Waals surface area contributed by atoms with Crippen molar-refractivity contribution in [3.63, 3.8) is 0 Å². The SMILES string of the molecule is Cc1ccnc(C2CC2)n1.O=CNc1cc(NCc2cn3cc(C4CC4)cc(N4CC(=O)N(COP(=O)(O)O)C4=O)c3n2)ncn1. The molecule has 4 aromatic rings. The Kier molecular flexibility index (Phi) is 8.73. The second kappa shape index (κ2) is 12.9. The lowest BCUT2D eigenvalue weighted by molar-refractivity contribution is -0.127. The average molecular weight is 651 g/mol. The molecular weight excluding hydrogens is 619 g/mol. The summed E-state index contributed by atoms with van der Waals surface area (Å²) in [7, 11) is -4.87. The predicted molar refractivity (Wildman–Crippen MR) is 163 cm³/mol. The van der Waals surface area contributed by atoms with Crippen molar-refractivity contribution in [2.75, 3.05) is 28.8 Å². The third-order valence-electron chi connectivity index (χ3n) is 7.43. The minimum atomic E-state index is -4.87. The van der Waals surface area contributed by atoms with Crippen LogP contribution in [-0.2, 0) is 25.2 Å². The monoisotopic (exact) mass is 650 g/mol. The molecule has 4 amide bonds. The number of anilines is 3. The van der Waals surface area contributed by atoms with Crippen molar-refractivity contribution in [2.24, 2.45) is 0 Å². The van der Waals surface area contributed by atoms with Crippen molar-refractivity contribution in [1.82, 2.24) is 34.2 Å². The molecule has 3 aliphatic rings. The normalized spacial score (nSPS) is 16.4. The summed E-state index contributed by atoms with van der Waals surface area (Å²) < 4.78 is 17.2. The van der Waals surface area contributed by atoms with E-state index in [2.05, 4.69) is 40.1 Å². The smallest absolute Gasteiger partial charge is 0.364 e. The number of carbonyl (C=O) groups excluding carboxylic acids is 3. The number of fused-ring (bicyclic) bond motifs is 1. The molecule has 4 N–H and O–H groups in total. The molecule has 46 heavy (non-hydrogen) atoms. The van der Waals surface area contributed by atoms with Crippen molar-refractivity contribution in [1.29, 1.82) is 0 Å². The number of hydrogen-bond donors (Lipinski definition) is 4. The first-order valence-electron chi connectivity index (χ1n) is 14.5. The number of pyridine rings is 1. The molecule has 0 unspecified atom stereocenters. The van der Waals surface area contributed by atoms with E-state index in [9.17, 15) is 18.9 Å². The van der Waals surface area contributed by atoms with E-state index in [1.807, 2.05) is 31.5 Å². The Labute approximate surface area is 262 Å². The van der Waals surface area contributed by atoms with Crippen LogP contribution in [0.25, 0.3) is 5.65 Å². The highest BCUT2D eigenvalue weighted by atomic mass is 31.2. The first-order valence-corrected chi connectivity index (χ1v) is 16.0. The molecule has 0 atom stereocenters. The summed E-state index contributed by atoms with van der Waals surface area (Å²) in [5.41, 5.74) is 3.52. The molecule has 17 nitrogen and oxygen atoms in total. The van der Waals surface area contributed by atoms with Gasteiger partial charge in [0.2, 0.25) is 6.41 Å². The third-order valence-corrected chi connectivity index (χ3v) is 7.89. The lowest BCUT2D eigenvalue weighted by Crippen LogP contribution is -2.34. The number of imidazole rings is 1. The lowest BCUT2D eigenvalue weighted by atomic mass is 10.1. The van der Waals surface area contributed by atoms with Gasteiger partial charge in [0.05, 0.1) is 17.9 Å². The number of hydrogen-bond acceptors (Lipinski definition) is 11. The zero-order valence-electron chi connectivity index (χ0n) is 24.7. The van der Waals surface area contributed by atoms with Crippen LogP contribution < -0.4 is 15.5 Å². The van der Waals surface area contributed by atoms with E-state index < -0.39 is 26.5 Å². The maximum atomic E-state index is 13.0. The molecule has 0 spiro atoms. The molecule has 2 aliphatic carbocycles. The minimum absolute atomic E-state index is 0.270. The molecule has 4 aromatic heterocycles. The average Bonchev–Trinajstić information content (AvgIpc) is 3.95. The van der Waals surface area contributed by atoms with Gasteiger partial charge in [-0.05, 0) is 56.2 Å². The van der Waals surface area contributed by atoms with Crippen LogP contribution in [0.4, 0.5) is 22.1 Å². The molecule has 0 radical (unpaired) electrons. The summed E-state index contributed by atoms with van der Waals surface area (Å²) in [6, 6.07) is 4.55. The Morgan fingerprint density at radius 1 is 1.04 bits per heavy atom. The van der Waals surface area contributed by atoms with Gasteiger partial charge in [0.25, 0.3) is 5.91 Å². The third kappa shape index (κ3) is 7.51. The van der Waals surface area contributed by atoms with Crippen LogP contribution in [0.15, 0.2) is 43.1 Å². The van der Waals surface area contributed by atoms with Crippen LogP contribution in [0.1, 0.15) is 60.3 Å². The van der Waals surface area contributed by atoms with Crippen LogP contribution in [0.2, 0.25) is 0 Å². The highest BCUT2D eigenvalue weighted by molar-refractivity contribution is 7.46. The fraction of sp³-hybridized carbons (Fsp3) is 0.357. The fourth-order valence-electron chi connectivity index (χ4n) is 4.85. The number of imide groups is 1.